The Hall–Kier alpha value is -1.66. The fourth-order valence-electron chi connectivity index (χ4n) is 3.20. The molecule has 3 rings (SSSR count). The molecule has 0 aliphatic carbocycles. The molecule has 3 aromatic rings. The minimum absolute atomic E-state index is 0.0443. The third-order valence-corrected chi connectivity index (χ3v) is 7.01. The van der Waals surface area contributed by atoms with Crippen LogP contribution in [0.2, 0.25) is 5.02 Å². The molecule has 28 heavy (non-hydrogen) atoms. The van der Waals surface area contributed by atoms with Gasteiger partial charge in [-0.05, 0) is 53.4 Å². The van der Waals surface area contributed by atoms with Gasteiger partial charge in [0, 0.05) is 22.0 Å². The van der Waals surface area contributed by atoms with E-state index >= 15 is 0 Å². The van der Waals surface area contributed by atoms with E-state index in [1.165, 1.54) is 0 Å². The maximum atomic E-state index is 12.7. The Kier molecular flexibility index (Phi) is 6.94. The van der Waals surface area contributed by atoms with Gasteiger partial charge in [-0.25, -0.2) is 13.1 Å². The van der Waals surface area contributed by atoms with Gasteiger partial charge in [0.15, 0.2) is 0 Å². The summed E-state index contributed by atoms with van der Waals surface area (Å²) in [5.74, 6) is 0.0437. The van der Waals surface area contributed by atoms with Crippen LogP contribution in [0.4, 0.5) is 0 Å². The molecule has 6 heteroatoms. The van der Waals surface area contributed by atoms with Crippen molar-refractivity contribution in [1.82, 2.24) is 4.72 Å². The highest BCUT2D eigenvalue weighted by molar-refractivity contribution is 9.10. The van der Waals surface area contributed by atoms with E-state index in [1.807, 2.05) is 48.5 Å². The third-order valence-electron chi connectivity index (χ3n) is 4.82. The van der Waals surface area contributed by atoms with Crippen LogP contribution >= 0.6 is 27.5 Å². The molecule has 0 aliphatic heterocycles. The van der Waals surface area contributed by atoms with E-state index < -0.39 is 10.0 Å². The summed E-state index contributed by atoms with van der Waals surface area (Å²) in [5, 5.41) is 0.680. The van der Waals surface area contributed by atoms with E-state index in [0.29, 0.717) is 5.02 Å². The quantitative estimate of drug-likeness (QED) is 0.455. The lowest BCUT2D eigenvalue weighted by Crippen LogP contribution is -2.30. The first-order valence-corrected chi connectivity index (χ1v) is 11.6. The minimum Gasteiger partial charge on any atom is -0.211 e. The van der Waals surface area contributed by atoms with E-state index in [9.17, 15) is 8.42 Å². The Morgan fingerprint density at radius 2 is 1.61 bits per heavy atom. The fraction of sp³-hybridized carbons (Fsp3) is 0.182. The molecular weight excluding hydrogens is 458 g/mol. The van der Waals surface area contributed by atoms with E-state index in [0.717, 1.165) is 15.6 Å². The Morgan fingerprint density at radius 1 is 0.929 bits per heavy atom. The molecule has 0 saturated carbocycles. The van der Waals surface area contributed by atoms with Gasteiger partial charge >= 0.3 is 0 Å². The lowest BCUT2D eigenvalue weighted by molar-refractivity contribution is 0.539. The van der Waals surface area contributed by atoms with Gasteiger partial charge in [0.25, 0.3) is 0 Å². The second-order valence-corrected chi connectivity index (χ2v) is 9.79. The van der Waals surface area contributed by atoms with Crippen LogP contribution in [0.3, 0.4) is 0 Å². The lowest BCUT2D eigenvalue weighted by atomic mass is 9.83. The molecule has 146 valence electrons. The largest absolute Gasteiger partial charge is 0.240 e. The number of rotatable bonds is 7. The molecule has 2 unspecified atom stereocenters. The average molecular weight is 479 g/mol. The molecule has 0 fully saturated rings. The molecule has 0 radical (unpaired) electrons. The molecule has 0 heterocycles. The summed E-state index contributed by atoms with van der Waals surface area (Å²) in [7, 11) is -3.58. The van der Waals surface area contributed by atoms with Gasteiger partial charge in [0.1, 0.15) is 0 Å². The summed E-state index contributed by atoms with van der Waals surface area (Å²) < 4.78 is 29.2. The summed E-state index contributed by atoms with van der Waals surface area (Å²) in [5.41, 5.74) is 2.17. The second-order valence-electron chi connectivity index (χ2n) is 6.67. The van der Waals surface area contributed by atoms with Crippen LogP contribution < -0.4 is 4.72 Å². The predicted molar refractivity (Wildman–Crippen MR) is 118 cm³/mol. The molecule has 0 spiro atoms. The normalized spacial score (nSPS) is 13.8. The van der Waals surface area contributed by atoms with Crippen molar-refractivity contribution in [3.05, 3.63) is 99.5 Å². The summed E-state index contributed by atoms with van der Waals surface area (Å²) in [4.78, 5) is 0.266. The van der Waals surface area contributed by atoms with Gasteiger partial charge in [0.2, 0.25) is 10.0 Å². The van der Waals surface area contributed by atoms with Gasteiger partial charge in [-0.2, -0.15) is 0 Å². The standard InChI is InChI=1S/C22H21BrClNO2S/c1-16(17-10-12-20(24)13-11-17)22(18-6-5-7-19(23)14-18)15-25-28(26,27)21-8-3-2-4-9-21/h2-14,16,22,25H,15H2,1H3. The van der Waals surface area contributed by atoms with E-state index in [4.69, 9.17) is 11.6 Å². The Morgan fingerprint density at radius 3 is 2.25 bits per heavy atom. The summed E-state index contributed by atoms with van der Waals surface area (Å²) >= 11 is 9.54. The smallest absolute Gasteiger partial charge is 0.211 e. The van der Waals surface area contributed by atoms with Crippen molar-refractivity contribution in [2.45, 2.75) is 23.7 Å². The van der Waals surface area contributed by atoms with Crippen LogP contribution in [0.25, 0.3) is 0 Å². The highest BCUT2D eigenvalue weighted by Crippen LogP contribution is 2.34. The molecule has 1 N–H and O–H groups in total. The molecule has 0 aromatic heterocycles. The van der Waals surface area contributed by atoms with Crippen LogP contribution in [-0.2, 0) is 10.0 Å². The highest BCUT2D eigenvalue weighted by Gasteiger charge is 2.24. The highest BCUT2D eigenvalue weighted by atomic mass is 79.9. The molecular formula is C22H21BrClNO2S. The van der Waals surface area contributed by atoms with Crippen LogP contribution in [0.15, 0.2) is 88.2 Å². The van der Waals surface area contributed by atoms with Gasteiger partial charge in [0.05, 0.1) is 4.90 Å². The first kappa shape index (κ1) is 21.1. The zero-order valence-corrected chi connectivity index (χ0v) is 18.5. The third kappa shape index (κ3) is 5.23. The zero-order valence-electron chi connectivity index (χ0n) is 15.3. The topological polar surface area (TPSA) is 46.2 Å². The van der Waals surface area contributed by atoms with Crippen LogP contribution in [-0.4, -0.2) is 15.0 Å². The molecule has 0 amide bonds. The van der Waals surface area contributed by atoms with Crippen molar-refractivity contribution in [1.29, 1.82) is 0 Å². The van der Waals surface area contributed by atoms with E-state index in [-0.39, 0.29) is 23.3 Å². The second kappa shape index (κ2) is 9.23. The molecule has 3 aromatic carbocycles. The minimum atomic E-state index is -3.58. The monoisotopic (exact) mass is 477 g/mol. The van der Waals surface area contributed by atoms with Crippen molar-refractivity contribution in [2.75, 3.05) is 6.54 Å². The van der Waals surface area contributed by atoms with Gasteiger partial charge in [-0.15, -0.1) is 0 Å². The zero-order chi connectivity index (χ0) is 20.1. The first-order chi connectivity index (χ1) is 13.4. The van der Waals surface area contributed by atoms with Gasteiger partial charge in [-0.1, -0.05) is 76.9 Å². The van der Waals surface area contributed by atoms with Crippen molar-refractivity contribution >= 4 is 37.6 Å². The van der Waals surface area contributed by atoms with Crippen LogP contribution in [0.1, 0.15) is 29.9 Å². The summed E-state index contributed by atoms with van der Waals surface area (Å²) in [6, 6.07) is 24.1. The van der Waals surface area contributed by atoms with E-state index in [2.05, 4.69) is 27.6 Å². The van der Waals surface area contributed by atoms with Crippen LogP contribution in [0, 0.1) is 0 Å². The maximum absolute atomic E-state index is 12.7. The van der Waals surface area contributed by atoms with Crippen molar-refractivity contribution in [2.24, 2.45) is 0 Å². The summed E-state index contributed by atoms with van der Waals surface area (Å²) in [6.07, 6.45) is 0. The summed E-state index contributed by atoms with van der Waals surface area (Å²) in [6.45, 7) is 2.39. The lowest BCUT2D eigenvalue weighted by Gasteiger charge is -2.26. The molecule has 0 saturated heterocycles. The van der Waals surface area contributed by atoms with Gasteiger partial charge in [-0.3, -0.25) is 0 Å². The average Bonchev–Trinajstić information content (AvgIpc) is 2.69. The Labute approximate surface area is 179 Å². The van der Waals surface area contributed by atoms with Crippen molar-refractivity contribution < 1.29 is 8.42 Å². The van der Waals surface area contributed by atoms with Crippen LogP contribution in [0.5, 0.6) is 0 Å². The maximum Gasteiger partial charge on any atom is 0.240 e. The first-order valence-electron chi connectivity index (χ1n) is 8.92. The molecule has 3 nitrogen and oxygen atoms in total. The number of sulfonamides is 1. The Bertz CT molecular complexity index is 1020. The van der Waals surface area contributed by atoms with Crippen molar-refractivity contribution in [3.63, 3.8) is 0 Å². The number of hydrogen-bond donors (Lipinski definition) is 1. The number of benzene rings is 3. The molecule has 0 aliphatic rings. The number of nitrogens with one attached hydrogen (secondary N) is 1. The number of halogens is 2. The van der Waals surface area contributed by atoms with Gasteiger partial charge < -0.3 is 0 Å². The fourth-order valence-corrected chi connectivity index (χ4v) is 4.83. The SMILES string of the molecule is CC(c1ccc(Cl)cc1)C(CNS(=O)(=O)c1ccccc1)c1cccc(Br)c1. The van der Waals surface area contributed by atoms with Crippen molar-refractivity contribution in [3.8, 4) is 0 Å². The predicted octanol–water partition coefficient (Wildman–Crippen LogP) is 5.97. The Balaban J connectivity index is 1.89. The molecule has 0 bridgehead atoms. The number of hydrogen-bond acceptors (Lipinski definition) is 2. The molecule has 2 atom stereocenters. The van der Waals surface area contributed by atoms with E-state index in [1.54, 1.807) is 30.3 Å².